The number of carbonyl (C=O) groups excluding carboxylic acids is 3. The van der Waals surface area contributed by atoms with E-state index in [1.54, 1.807) is 48.5 Å². The Morgan fingerprint density at radius 2 is 1.48 bits per heavy atom. The first-order chi connectivity index (χ1) is 12.0. The molecule has 0 radical (unpaired) electrons. The van der Waals surface area contributed by atoms with Gasteiger partial charge in [0, 0.05) is 11.4 Å². The van der Waals surface area contributed by atoms with Crippen molar-refractivity contribution in [2.75, 3.05) is 31.4 Å². The van der Waals surface area contributed by atoms with E-state index in [4.69, 9.17) is 0 Å². The van der Waals surface area contributed by atoms with Crippen LogP contribution in [0.5, 0.6) is 0 Å². The predicted molar refractivity (Wildman–Crippen MR) is 92.7 cm³/mol. The van der Waals surface area contributed by atoms with E-state index in [2.05, 4.69) is 20.1 Å². The van der Waals surface area contributed by atoms with Crippen LogP contribution in [0.4, 0.5) is 11.4 Å². The van der Waals surface area contributed by atoms with Crippen molar-refractivity contribution in [1.29, 1.82) is 0 Å². The molecule has 0 saturated heterocycles. The molecule has 0 heterocycles. The molecule has 0 fully saturated rings. The minimum atomic E-state index is -0.446. The van der Waals surface area contributed by atoms with Crippen LogP contribution < -0.4 is 10.6 Å². The van der Waals surface area contributed by atoms with Crippen LogP contribution in [0, 0.1) is 0 Å². The van der Waals surface area contributed by atoms with Gasteiger partial charge < -0.3 is 20.1 Å². The Labute approximate surface area is 144 Å². The Kier molecular flexibility index (Phi) is 6.11. The van der Waals surface area contributed by atoms with E-state index in [1.807, 2.05) is 0 Å². The number of anilines is 2. The number of methoxy groups -OCH3 is 2. The summed E-state index contributed by atoms with van der Waals surface area (Å²) in [7, 11) is 2.61. The summed E-state index contributed by atoms with van der Waals surface area (Å²) in [5, 5.41) is 5.63. The average Bonchev–Trinajstić information content (AvgIpc) is 2.66. The van der Waals surface area contributed by atoms with Crippen molar-refractivity contribution in [2.45, 2.75) is 0 Å². The lowest BCUT2D eigenvalue weighted by atomic mass is 10.2. The standard InChI is InChI=1S/C18H18N2O5/c1-24-17(22)12-6-8-14(9-7-12)20-16(21)11-19-15-5-3-4-13(10-15)18(23)25-2/h3-10,19H,11H2,1-2H3,(H,20,21). The van der Waals surface area contributed by atoms with Gasteiger partial charge >= 0.3 is 11.9 Å². The van der Waals surface area contributed by atoms with Crippen LogP contribution in [0.1, 0.15) is 20.7 Å². The van der Waals surface area contributed by atoms with Gasteiger partial charge in [-0.05, 0) is 42.5 Å². The van der Waals surface area contributed by atoms with Crippen LogP contribution in [0.2, 0.25) is 0 Å². The molecule has 0 unspecified atom stereocenters. The fraction of sp³-hybridized carbons (Fsp3) is 0.167. The lowest BCUT2D eigenvalue weighted by Gasteiger charge is -2.09. The van der Waals surface area contributed by atoms with E-state index in [9.17, 15) is 14.4 Å². The van der Waals surface area contributed by atoms with Gasteiger partial charge in [0.25, 0.3) is 0 Å². The lowest BCUT2D eigenvalue weighted by molar-refractivity contribution is -0.114. The van der Waals surface area contributed by atoms with Crippen molar-refractivity contribution in [3.8, 4) is 0 Å². The van der Waals surface area contributed by atoms with Crippen molar-refractivity contribution < 1.29 is 23.9 Å². The largest absolute Gasteiger partial charge is 0.465 e. The third-order valence-electron chi connectivity index (χ3n) is 3.33. The number of hydrogen-bond donors (Lipinski definition) is 2. The van der Waals surface area contributed by atoms with E-state index in [-0.39, 0.29) is 12.5 Å². The molecule has 25 heavy (non-hydrogen) atoms. The van der Waals surface area contributed by atoms with E-state index < -0.39 is 11.9 Å². The predicted octanol–water partition coefficient (Wildman–Crippen LogP) is 2.31. The molecule has 0 saturated carbocycles. The van der Waals surface area contributed by atoms with Crippen LogP contribution in [0.25, 0.3) is 0 Å². The first-order valence-electron chi connectivity index (χ1n) is 7.44. The molecule has 0 aliphatic heterocycles. The van der Waals surface area contributed by atoms with Gasteiger partial charge in [0.05, 0.1) is 31.9 Å². The molecule has 7 nitrogen and oxygen atoms in total. The zero-order valence-electron chi connectivity index (χ0n) is 13.9. The van der Waals surface area contributed by atoms with Gasteiger partial charge in [-0.15, -0.1) is 0 Å². The minimum Gasteiger partial charge on any atom is -0.465 e. The Morgan fingerprint density at radius 3 is 2.12 bits per heavy atom. The van der Waals surface area contributed by atoms with Gasteiger partial charge in [-0.1, -0.05) is 6.07 Å². The smallest absolute Gasteiger partial charge is 0.337 e. The number of ether oxygens (including phenoxy) is 2. The van der Waals surface area contributed by atoms with Crippen LogP contribution in [-0.4, -0.2) is 38.6 Å². The van der Waals surface area contributed by atoms with Gasteiger partial charge in [0.15, 0.2) is 0 Å². The van der Waals surface area contributed by atoms with Crippen LogP contribution in [0.15, 0.2) is 48.5 Å². The number of esters is 2. The number of nitrogens with one attached hydrogen (secondary N) is 2. The average molecular weight is 342 g/mol. The highest BCUT2D eigenvalue weighted by Gasteiger charge is 2.08. The third-order valence-corrected chi connectivity index (χ3v) is 3.33. The maximum Gasteiger partial charge on any atom is 0.337 e. The Bertz CT molecular complexity index is 771. The van der Waals surface area contributed by atoms with Crippen LogP contribution >= 0.6 is 0 Å². The maximum atomic E-state index is 12.0. The van der Waals surface area contributed by atoms with Crippen LogP contribution in [0.3, 0.4) is 0 Å². The van der Waals surface area contributed by atoms with E-state index in [0.29, 0.717) is 22.5 Å². The third kappa shape index (κ3) is 5.07. The van der Waals surface area contributed by atoms with Gasteiger partial charge in [-0.25, -0.2) is 9.59 Å². The number of amides is 1. The van der Waals surface area contributed by atoms with E-state index >= 15 is 0 Å². The van der Waals surface area contributed by atoms with Gasteiger partial charge in [0.2, 0.25) is 5.91 Å². The summed E-state index contributed by atoms with van der Waals surface area (Å²) in [6.45, 7) is 0.0172. The maximum absolute atomic E-state index is 12.0. The zero-order chi connectivity index (χ0) is 18.2. The summed E-state index contributed by atoms with van der Waals surface area (Å²) in [6.07, 6.45) is 0. The zero-order valence-corrected chi connectivity index (χ0v) is 13.9. The molecular weight excluding hydrogens is 324 g/mol. The summed E-state index contributed by atoms with van der Waals surface area (Å²) in [6, 6.07) is 13.0. The molecule has 0 aromatic heterocycles. The molecule has 1 amide bonds. The Hall–Kier alpha value is -3.35. The first-order valence-corrected chi connectivity index (χ1v) is 7.44. The monoisotopic (exact) mass is 342 g/mol. The molecule has 0 spiro atoms. The SMILES string of the molecule is COC(=O)c1ccc(NC(=O)CNc2cccc(C(=O)OC)c2)cc1. The van der Waals surface area contributed by atoms with E-state index in [0.717, 1.165) is 0 Å². The molecule has 0 bridgehead atoms. The fourth-order valence-electron chi connectivity index (χ4n) is 2.07. The topological polar surface area (TPSA) is 93.7 Å². The molecule has 0 atom stereocenters. The molecule has 2 aromatic rings. The summed E-state index contributed by atoms with van der Waals surface area (Å²) >= 11 is 0. The van der Waals surface area contributed by atoms with Crippen molar-refractivity contribution >= 4 is 29.2 Å². The molecule has 2 aromatic carbocycles. The molecule has 7 heteroatoms. The summed E-state index contributed by atoms with van der Waals surface area (Å²) in [5.74, 6) is -1.15. The molecular formula is C18H18N2O5. The lowest BCUT2D eigenvalue weighted by Crippen LogP contribution is -2.21. The second-order valence-electron chi connectivity index (χ2n) is 5.04. The normalized spacial score (nSPS) is 9.84. The first kappa shape index (κ1) is 18.0. The van der Waals surface area contributed by atoms with Gasteiger partial charge in [0.1, 0.15) is 0 Å². The fourth-order valence-corrected chi connectivity index (χ4v) is 2.07. The van der Waals surface area contributed by atoms with Crippen molar-refractivity contribution in [2.24, 2.45) is 0 Å². The van der Waals surface area contributed by atoms with Crippen molar-refractivity contribution in [3.63, 3.8) is 0 Å². The highest BCUT2D eigenvalue weighted by molar-refractivity contribution is 5.95. The number of benzene rings is 2. The van der Waals surface area contributed by atoms with Gasteiger partial charge in [-0.2, -0.15) is 0 Å². The summed E-state index contributed by atoms with van der Waals surface area (Å²) in [5.41, 5.74) is 1.98. The second-order valence-corrected chi connectivity index (χ2v) is 5.04. The summed E-state index contributed by atoms with van der Waals surface area (Å²) in [4.78, 5) is 34.8. The number of carbonyl (C=O) groups is 3. The van der Waals surface area contributed by atoms with Crippen LogP contribution in [-0.2, 0) is 14.3 Å². The summed E-state index contributed by atoms with van der Waals surface area (Å²) < 4.78 is 9.26. The Balaban J connectivity index is 1.90. The van der Waals surface area contributed by atoms with Gasteiger partial charge in [-0.3, -0.25) is 4.79 Å². The molecule has 0 aliphatic rings. The van der Waals surface area contributed by atoms with E-state index in [1.165, 1.54) is 14.2 Å². The van der Waals surface area contributed by atoms with Crippen molar-refractivity contribution in [3.05, 3.63) is 59.7 Å². The molecule has 2 N–H and O–H groups in total. The quantitative estimate of drug-likeness (QED) is 0.783. The Morgan fingerprint density at radius 1 is 0.840 bits per heavy atom. The minimum absolute atomic E-state index is 0.0172. The van der Waals surface area contributed by atoms with Crippen molar-refractivity contribution in [1.82, 2.24) is 0 Å². The molecule has 0 aliphatic carbocycles. The second kappa shape index (κ2) is 8.49. The number of hydrogen-bond acceptors (Lipinski definition) is 6. The highest BCUT2D eigenvalue weighted by Crippen LogP contribution is 2.12. The number of rotatable bonds is 6. The molecule has 2 rings (SSSR count). The molecule has 130 valence electrons. The highest BCUT2D eigenvalue weighted by atomic mass is 16.5.